The molecule has 0 saturated heterocycles. The van der Waals surface area contributed by atoms with Crippen molar-refractivity contribution in [3.05, 3.63) is 64.2 Å². The van der Waals surface area contributed by atoms with E-state index >= 15 is 0 Å². The Bertz CT molecular complexity index is 655. The minimum absolute atomic E-state index is 0.0276. The summed E-state index contributed by atoms with van der Waals surface area (Å²) in [6.45, 7) is 3.40. The first kappa shape index (κ1) is 14.2. The molecule has 0 fully saturated rings. The topological polar surface area (TPSA) is 26.3 Å². The number of hydrogen-bond acceptors (Lipinski definition) is 2. The van der Waals surface area contributed by atoms with Gasteiger partial charge in [0.15, 0.2) is 17.3 Å². The van der Waals surface area contributed by atoms with Crippen molar-refractivity contribution in [3.63, 3.8) is 0 Å². The summed E-state index contributed by atoms with van der Waals surface area (Å²) in [5.41, 5.74) is 1.33. The second kappa shape index (κ2) is 5.41. The van der Waals surface area contributed by atoms with Gasteiger partial charge in [-0.2, -0.15) is 0 Å². The first-order chi connectivity index (χ1) is 9.43. The van der Waals surface area contributed by atoms with Crippen LogP contribution in [0, 0.1) is 25.5 Å². The average molecular weight is 276 g/mol. The van der Waals surface area contributed by atoms with Crippen molar-refractivity contribution in [1.82, 2.24) is 0 Å². The molecule has 2 nitrogen and oxygen atoms in total. The standard InChI is InChI=1S/C16H14F2O2/c1-9-6-10(2)15(13(18)7-9)16(19)11-4-5-14(20-3)12(17)8-11/h4-8H,1-3H3. The second-order valence-electron chi connectivity index (χ2n) is 4.62. The van der Waals surface area contributed by atoms with Crippen LogP contribution in [0.1, 0.15) is 27.0 Å². The number of rotatable bonds is 3. The number of ketones is 1. The highest BCUT2D eigenvalue weighted by Gasteiger charge is 2.18. The summed E-state index contributed by atoms with van der Waals surface area (Å²) in [5.74, 6) is -1.74. The molecule has 104 valence electrons. The number of carbonyl (C=O) groups is 1. The average Bonchev–Trinajstić information content (AvgIpc) is 2.37. The zero-order valence-electron chi connectivity index (χ0n) is 11.5. The maximum absolute atomic E-state index is 14.0. The molecule has 0 bridgehead atoms. The summed E-state index contributed by atoms with van der Waals surface area (Å²) in [7, 11) is 1.34. The molecule has 20 heavy (non-hydrogen) atoms. The molecule has 0 aromatic heterocycles. The van der Waals surface area contributed by atoms with Gasteiger partial charge >= 0.3 is 0 Å². The lowest BCUT2D eigenvalue weighted by Crippen LogP contribution is -2.08. The van der Waals surface area contributed by atoms with Gasteiger partial charge in [0.2, 0.25) is 0 Å². The fourth-order valence-corrected chi connectivity index (χ4v) is 2.16. The van der Waals surface area contributed by atoms with Crippen LogP contribution in [0.5, 0.6) is 5.75 Å². The van der Waals surface area contributed by atoms with E-state index in [0.29, 0.717) is 5.56 Å². The van der Waals surface area contributed by atoms with E-state index in [1.165, 1.54) is 25.3 Å². The first-order valence-corrected chi connectivity index (χ1v) is 6.09. The molecule has 0 N–H and O–H groups in total. The van der Waals surface area contributed by atoms with Gasteiger partial charge < -0.3 is 4.74 Å². The summed E-state index contributed by atoms with van der Waals surface area (Å²) >= 11 is 0. The Hall–Kier alpha value is -2.23. The third kappa shape index (κ3) is 2.54. The van der Waals surface area contributed by atoms with E-state index < -0.39 is 17.4 Å². The van der Waals surface area contributed by atoms with Crippen LogP contribution < -0.4 is 4.74 Å². The Morgan fingerprint density at radius 2 is 1.75 bits per heavy atom. The quantitative estimate of drug-likeness (QED) is 0.797. The minimum Gasteiger partial charge on any atom is -0.494 e. The zero-order chi connectivity index (χ0) is 14.9. The predicted octanol–water partition coefficient (Wildman–Crippen LogP) is 3.82. The molecule has 0 spiro atoms. The second-order valence-corrected chi connectivity index (χ2v) is 4.62. The lowest BCUT2D eigenvalue weighted by Gasteiger charge is -2.09. The summed E-state index contributed by atoms with van der Waals surface area (Å²) in [4.78, 5) is 12.3. The molecule has 2 aromatic carbocycles. The molecule has 0 aliphatic rings. The molecule has 0 heterocycles. The van der Waals surface area contributed by atoms with Gasteiger partial charge in [0.25, 0.3) is 0 Å². The number of halogens is 2. The van der Waals surface area contributed by atoms with Crippen LogP contribution in [0.25, 0.3) is 0 Å². The van der Waals surface area contributed by atoms with E-state index in [-0.39, 0.29) is 16.9 Å². The van der Waals surface area contributed by atoms with Gasteiger partial charge in [-0.1, -0.05) is 6.07 Å². The van der Waals surface area contributed by atoms with Crippen molar-refractivity contribution in [1.29, 1.82) is 0 Å². The van der Waals surface area contributed by atoms with E-state index in [1.807, 2.05) is 0 Å². The molecule has 0 radical (unpaired) electrons. The van der Waals surface area contributed by atoms with Crippen LogP contribution in [0.3, 0.4) is 0 Å². The third-order valence-electron chi connectivity index (χ3n) is 3.07. The SMILES string of the molecule is COc1ccc(C(=O)c2c(C)cc(C)cc2F)cc1F. The van der Waals surface area contributed by atoms with Gasteiger partial charge in [0.1, 0.15) is 5.82 Å². The fourth-order valence-electron chi connectivity index (χ4n) is 2.16. The molecule has 4 heteroatoms. The molecule has 0 unspecified atom stereocenters. The van der Waals surface area contributed by atoms with Gasteiger partial charge in [0, 0.05) is 5.56 Å². The van der Waals surface area contributed by atoms with Crippen LogP contribution in [0.4, 0.5) is 8.78 Å². The van der Waals surface area contributed by atoms with Crippen molar-refractivity contribution in [2.45, 2.75) is 13.8 Å². The van der Waals surface area contributed by atoms with Gasteiger partial charge in [-0.05, 0) is 49.2 Å². The van der Waals surface area contributed by atoms with E-state index in [2.05, 4.69) is 0 Å². The molecular weight excluding hydrogens is 262 g/mol. The minimum atomic E-state index is -0.650. The lowest BCUT2D eigenvalue weighted by molar-refractivity contribution is 0.103. The van der Waals surface area contributed by atoms with E-state index in [0.717, 1.165) is 11.6 Å². The number of ether oxygens (including phenoxy) is 1. The zero-order valence-corrected chi connectivity index (χ0v) is 11.5. The third-order valence-corrected chi connectivity index (χ3v) is 3.07. The van der Waals surface area contributed by atoms with Gasteiger partial charge in [-0.25, -0.2) is 8.78 Å². The van der Waals surface area contributed by atoms with Crippen LogP contribution in [0.2, 0.25) is 0 Å². The smallest absolute Gasteiger partial charge is 0.196 e. The van der Waals surface area contributed by atoms with E-state index in [9.17, 15) is 13.6 Å². The number of benzene rings is 2. The molecule has 0 atom stereocenters. The molecule has 0 amide bonds. The summed E-state index contributed by atoms with van der Waals surface area (Å²) in [6, 6.07) is 6.84. The van der Waals surface area contributed by atoms with Crippen molar-refractivity contribution in [3.8, 4) is 5.75 Å². The highest BCUT2D eigenvalue weighted by atomic mass is 19.1. The highest BCUT2D eigenvalue weighted by molar-refractivity contribution is 6.10. The number of methoxy groups -OCH3 is 1. The number of carbonyl (C=O) groups excluding carboxylic acids is 1. The summed E-state index contributed by atoms with van der Waals surface area (Å²) in [5, 5.41) is 0. The molecule has 0 aliphatic heterocycles. The van der Waals surface area contributed by atoms with E-state index in [4.69, 9.17) is 4.74 Å². The van der Waals surface area contributed by atoms with E-state index in [1.54, 1.807) is 19.9 Å². The largest absolute Gasteiger partial charge is 0.494 e. The van der Waals surface area contributed by atoms with Crippen molar-refractivity contribution in [2.75, 3.05) is 7.11 Å². The van der Waals surface area contributed by atoms with Crippen LogP contribution in [-0.2, 0) is 0 Å². The van der Waals surface area contributed by atoms with Gasteiger partial charge in [-0.15, -0.1) is 0 Å². The van der Waals surface area contributed by atoms with Gasteiger partial charge in [-0.3, -0.25) is 4.79 Å². The first-order valence-electron chi connectivity index (χ1n) is 6.09. The molecule has 0 saturated carbocycles. The van der Waals surface area contributed by atoms with Crippen molar-refractivity contribution >= 4 is 5.78 Å². The van der Waals surface area contributed by atoms with Crippen LogP contribution >= 0.6 is 0 Å². The highest BCUT2D eigenvalue weighted by Crippen LogP contribution is 2.23. The summed E-state index contributed by atoms with van der Waals surface area (Å²) < 4.78 is 32.4. The van der Waals surface area contributed by atoms with Crippen molar-refractivity contribution in [2.24, 2.45) is 0 Å². The van der Waals surface area contributed by atoms with Crippen molar-refractivity contribution < 1.29 is 18.3 Å². The fraction of sp³-hybridized carbons (Fsp3) is 0.188. The van der Waals surface area contributed by atoms with Gasteiger partial charge in [0.05, 0.1) is 12.7 Å². The Morgan fingerprint density at radius 1 is 1.05 bits per heavy atom. The maximum Gasteiger partial charge on any atom is 0.196 e. The Kier molecular flexibility index (Phi) is 3.84. The van der Waals surface area contributed by atoms with Crippen LogP contribution in [0.15, 0.2) is 30.3 Å². The van der Waals surface area contributed by atoms with Crippen LogP contribution in [-0.4, -0.2) is 12.9 Å². The molecule has 2 rings (SSSR count). The predicted molar refractivity (Wildman–Crippen MR) is 72.3 cm³/mol. The summed E-state index contributed by atoms with van der Waals surface area (Å²) in [6.07, 6.45) is 0. The molecular formula is C16H14F2O2. The Balaban J connectivity index is 2.49. The Labute approximate surface area is 116 Å². The molecule has 0 aliphatic carbocycles. The lowest BCUT2D eigenvalue weighted by atomic mass is 9.97. The monoisotopic (exact) mass is 276 g/mol. The Morgan fingerprint density at radius 3 is 2.30 bits per heavy atom. The molecule has 2 aromatic rings. The number of aryl methyl sites for hydroxylation is 2. The maximum atomic E-state index is 14.0. The normalized spacial score (nSPS) is 10.4. The number of hydrogen-bond donors (Lipinski definition) is 0.